The maximum absolute atomic E-state index is 11.2. The van der Waals surface area contributed by atoms with Gasteiger partial charge in [0.05, 0.1) is 18.1 Å². The molecule has 1 rings (SSSR count). The van der Waals surface area contributed by atoms with E-state index < -0.39 is 9.84 Å². The van der Waals surface area contributed by atoms with Crippen LogP contribution in [0.25, 0.3) is 0 Å². The maximum atomic E-state index is 11.2. The van der Waals surface area contributed by atoms with Gasteiger partial charge in [0.25, 0.3) is 0 Å². The fourth-order valence-electron chi connectivity index (χ4n) is 1.72. The van der Waals surface area contributed by atoms with Gasteiger partial charge in [-0.15, -0.1) is 0 Å². The predicted octanol–water partition coefficient (Wildman–Crippen LogP) is -1.31. The van der Waals surface area contributed by atoms with E-state index in [0.717, 1.165) is 13.1 Å². The van der Waals surface area contributed by atoms with Crippen molar-refractivity contribution in [3.63, 3.8) is 0 Å². The van der Waals surface area contributed by atoms with Gasteiger partial charge in [0.2, 0.25) is 0 Å². The normalized spacial score (nSPS) is 23.9. The van der Waals surface area contributed by atoms with Gasteiger partial charge in [-0.2, -0.15) is 0 Å². The SMILES string of the molecule is CCNC(CO)CN1CCS(=O)(=O)CC1. The molecule has 6 heteroatoms. The van der Waals surface area contributed by atoms with Crippen LogP contribution in [0.4, 0.5) is 0 Å². The molecule has 90 valence electrons. The highest BCUT2D eigenvalue weighted by atomic mass is 32.2. The summed E-state index contributed by atoms with van der Waals surface area (Å²) in [5.74, 6) is 0.495. The zero-order valence-electron chi connectivity index (χ0n) is 9.15. The highest BCUT2D eigenvalue weighted by molar-refractivity contribution is 7.91. The van der Waals surface area contributed by atoms with Gasteiger partial charge < -0.3 is 10.4 Å². The Morgan fingerprint density at radius 3 is 2.47 bits per heavy atom. The quantitative estimate of drug-likeness (QED) is 0.620. The number of sulfone groups is 1. The van der Waals surface area contributed by atoms with Crippen molar-refractivity contribution in [3.8, 4) is 0 Å². The fraction of sp³-hybridized carbons (Fsp3) is 1.00. The lowest BCUT2D eigenvalue weighted by atomic mass is 10.3. The van der Waals surface area contributed by atoms with E-state index in [0.29, 0.717) is 13.1 Å². The summed E-state index contributed by atoms with van der Waals surface area (Å²) in [4.78, 5) is 2.09. The van der Waals surface area contributed by atoms with Gasteiger partial charge in [-0.1, -0.05) is 6.92 Å². The van der Waals surface area contributed by atoms with Crippen LogP contribution in [0.5, 0.6) is 0 Å². The van der Waals surface area contributed by atoms with E-state index in [2.05, 4.69) is 10.2 Å². The van der Waals surface area contributed by atoms with Gasteiger partial charge in [-0.05, 0) is 6.54 Å². The van der Waals surface area contributed by atoms with Gasteiger partial charge in [0, 0.05) is 25.7 Å². The van der Waals surface area contributed by atoms with Crippen LogP contribution in [0.1, 0.15) is 6.92 Å². The Hall–Kier alpha value is -0.170. The largest absolute Gasteiger partial charge is 0.395 e. The van der Waals surface area contributed by atoms with Crippen molar-refractivity contribution in [2.24, 2.45) is 0 Å². The molecule has 1 atom stereocenters. The Kier molecular flexibility index (Phi) is 4.98. The summed E-state index contributed by atoms with van der Waals surface area (Å²) in [5, 5.41) is 12.2. The Morgan fingerprint density at radius 1 is 1.40 bits per heavy atom. The second kappa shape index (κ2) is 5.79. The molecule has 0 radical (unpaired) electrons. The third-order valence-corrected chi connectivity index (χ3v) is 4.24. The molecule has 0 aromatic heterocycles. The number of aliphatic hydroxyl groups is 1. The smallest absolute Gasteiger partial charge is 0.152 e. The molecule has 1 fully saturated rings. The van der Waals surface area contributed by atoms with Crippen LogP contribution in [0.2, 0.25) is 0 Å². The summed E-state index contributed by atoms with van der Waals surface area (Å²) in [6, 6.07) is 0.0517. The van der Waals surface area contributed by atoms with Crippen molar-refractivity contribution in [1.82, 2.24) is 10.2 Å². The first-order valence-electron chi connectivity index (χ1n) is 5.34. The number of likely N-dealkylation sites (N-methyl/N-ethyl adjacent to an activating group) is 1. The molecule has 1 aliphatic rings. The molecule has 0 saturated carbocycles. The summed E-state index contributed by atoms with van der Waals surface area (Å²) in [7, 11) is -2.80. The number of nitrogens with zero attached hydrogens (tertiary/aromatic N) is 1. The van der Waals surface area contributed by atoms with E-state index in [1.54, 1.807) is 0 Å². The number of rotatable bonds is 5. The average molecular weight is 236 g/mol. The average Bonchev–Trinajstić information content (AvgIpc) is 2.20. The van der Waals surface area contributed by atoms with E-state index >= 15 is 0 Å². The Balaban J connectivity index is 2.34. The molecule has 1 aliphatic heterocycles. The highest BCUT2D eigenvalue weighted by Gasteiger charge is 2.22. The van der Waals surface area contributed by atoms with E-state index in [-0.39, 0.29) is 24.2 Å². The first-order chi connectivity index (χ1) is 7.07. The predicted molar refractivity (Wildman–Crippen MR) is 59.6 cm³/mol. The van der Waals surface area contributed by atoms with Gasteiger partial charge >= 0.3 is 0 Å². The lowest BCUT2D eigenvalue weighted by Gasteiger charge is -2.29. The maximum Gasteiger partial charge on any atom is 0.152 e. The summed E-state index contributed by atoms with van der Waals surface area (Å²) >= 11 is 0. The zero-order valence-corrected chi connectivity index (χ0v) is 9.96. The number of nitrogens with one attached hydrogen (secondary N) is 1. The number of hydrogen-bond acceptors (Lipinski definition) is 5. The van der Waals surface area contributed by atoms with Crippen LogP contribution in [0, 0.1) is 0 Å². The molecule has 1 unspecified atom stereocenters. The van der Waals surface area contributed by atoms with Crippen molar-refractivity contribution < 1.29 is 13.5 Å². The molecule has 0 aromatic carbocycles. The second-order valence-corrected chi connectivity index (χ2v) is 6.19. The molecule has 2 N–H and O–H groups in total. The Morgan fingerprint density at radius 2 is 2.00 bits per heavy atom. The number of aliphatic hydroxyl groups excluding tert-OH is 1. The molecule has 1 saturated heterocycles. The summed E-state index contributed by atoms with van der Waals surface area (Å²) in [6.45, 7) is 4.80. The van der Waals surface area contributed by atoms with Gasteiger partial charge in [0.1, 0.15) is 0 Å². The van der Waals surface area contributed by atoms with Gasteiger partial charge in [-0.25, -0.2) is 8.42 Å². The summed E-state index contributed by atoms with van der Waals surface area (Å²) in [5.41, 5.74) is 0. The minimum atomic E-state index is -2.80. The van der Waals surface area contributed by atoms with Crippen molar-refractivity contribution in [1.29, 1.82) is 0 Å². The fourth-order valence-corrected chi connectivity index (χ4v) is 3.00. The first kappa shape index (κ1) is 12.9. The molecule has 0 amide bonds. The van der Waals surface area contributed by atoms with E-state index in [4.69, 9.17) is 5.11 Å². The lowest BCUT2D eigenvalue weighted by Crippen LogP contribution is -2.48. The van der Waals surface area contributed by atoms with Crippen LogP contribution in [0.3, 0.4) is 0 Å². The Labute approximate surface area is 91.4 Å². The van der Waals surface area contributed by atoms with Crippen LogP contribution < -0.4 is 5.32 Å². The Bertz CT molecular complexity index is 265. The molecule has 0 spiro atoms. The van der Waals surface area contributed by atoms with Gasteiger partial charge in [-0.3, -0.25) is 4.90 Å². The van der Waals surface area contributed by atoms with E-state index in [9.17, 15) is 8.42 Å². The standard InChI is InChI=1S/C9H20N2O3S/c1-2-10-9(8-12)7-11-3-5-15(13,14)6-4-11/h9-10,12H,2-8H2,1H3. The van der Waals surface area contributed by atoms with E-state index in [1.807, 2.05) is 6.92 Å². The molecular formula is C9H20N2O3S. The van der Waals surface area contributed by atoms with E-state index in [1.165, 1.54) is 0 Å². The topological polar surface area (TPSA) is 69.6 Å². The van der Waals surface area contributed by atoms with Crippen molar-refractivity contribution in [2.75, 3.05) is 44.3 Å². The van der Waals surface area contributed by atoms with Crippen LogP contribution >= 0.6 is 0 Å². The molecule has 0 bridgehead atoms. The molecule has 0 aromatic rings. The minimum absolute atomic E-state index is 0.0517. The highest BCUT2D eigenvalue weighted by Crippen LogP contribution is 2.04. The molecular weight excluding hydrogens is 216 g/mol. The third kappa shape index (κ3) is 4.46. The summed E-state index contributed by atoms with van der Waals surface area (Å²) < 4.78 is 22.4. The zero-order chi connectivity index (χ0) is 11.3. The molecule has 1 heterocycles. The monoisotopic (exact) mass is 236 g/mol. The van der Waals surface area contributed by atoms with Crippen molar-refractivity contribution >= 4 is 9.84 Å². The molecule has 0 aliphatic carbocycles. The summed E-state index contributed by atoms with van der Waals surface area (Å²) in [6.07, 6.45) is 0. The van der Waals surface area contributed by atoms with Crippen LogP contribution in [-0.4, -0.2) is 68.8 Å². The molecule has 5 nitrogen and oxygen atoms in total. The third-order valence-electron chi connectivity index (χ3n) is 2.63. The lowest BCUT2D eigenvalue weighted by molar-refractivity contribution is 0.189. The minimum Gasteiger partial charge on any atom is -0.395 e. The van der Waals surface area contributed by atoms with Gasteiger partial charge in [0.15, 0.2) is 9.84 Å². The second-order valence-electron chi connectivity index (χ2n) is 3.89. The first-order valence-corrected chi connectivity index (χ1v) is 7.16. The van der Waals surface area contributed by atoms with Crippen molar-refractivity contribution in [3.05, 3.63) is 0 Å². The van der Waals surface area contributed by atoms with Crippen molar-refractivity contribution in [2.45, 2.75) is 13.0 Å². The van der Waals surface area contributed by atoms with Crippen LogP contribution in [0.15, 0.2) is 0 Å². The van der Waals surface area contributed by atoms with Crippen LogP contribution in [-0.2, 0) is 9.84 Å². The number of hydrogen-bond donors (Lipinski definition) is 2. The molecule has 15 heavy (non-hydrogen) atoms.